The van der Waals surface area contributed by atoms with Crippen LogP contribution in [0.2, 0.25) is 0 Å². The van der Waals surface area contributed by atoms with Crippen molar-refractivity contribution in [1.29, 1.82) is 0 Å². The molecule has 0 aromatic heterocycles. The Bertz CT molecular complexity index is 294. The maximum Gasteiger partial charge on any atom is 0.150 e. The molecule has 1 aromatic rings. The molecule has 0 unspecified atom stereocenters. The molecule has 0 aliphatic heterocycles. The van der Waals surface area contributed by atoms with Crippen molar-refractivity contribution in [1.82, 2.24) is 0 Å². The molecule has 0 fully saturated rings. The van der Waals surface area contributed by atoms with E-state index in [4.69, 9.17) is 9.47 Å². The molecule has 0 aliphatic carbocycles. The van der Waals surface area contributed by atoms with Crippen molar-refractivity contribution in [3.63, 3.8) is 0 Å². The number of methoxy groups -OCH3 is 1. The molecule has 0 bridgehead atoms. The lowest BCUT2D eigenvalue weighted by Crippen LogP contribution is -1.94. The zero-order valence-electron chi connectivity index (χ0n) is 7.45. The summed E-state index contributed by atoms with van der Waals surface area (Å²) in [6.45, 7) is 3.87. The average molecular weight is 179 g/mol. The van der Waals surface area contributed by atoms with Crippen LogP contribution in [0.25, 0.3) is 0 Å². The molecule has 69 valence electrons. The fourth-order valence-corrected chi connectivity index (χ4v) is 0.981. The van der Waals surface area contributed by atoms with E-state index in [1.165, 1.54) is 7.11 Å². The maximum atomic E-state index is 10.5. The van der Waals surface area contributed by atoms with Gasteiger partial charge in [0.1, 0.15) is 17.8 Å². The Morgan fingerprint density at radius 2 is 2.08 bits per heavy atom. The summed E-state index contributed by atoms with van der Waals surface area (Å²) in [5.74, 6) is 1.20. The molecule has 3 nitrogen and oxygen atoms in total. The summed E-state index contributed by atoms with van der Waals surface area (Å²) in [6, 6.07) is 4.99. The molecule has 0 saturated carbocycles. The molecule has 0 aliphatic rings. The van der Waals surface area contributed by atoms with Crippen molar-refractivity contribution in [2.24, 2.45) is 0 Å². The van der Waals surface area contributed by atoms with E-state index in [2.05, 4.69) is 6.92 Å². The zero-order chi connectivity index (χ0) is 9.68. The maximum absolute atomic E-state index is 10.5. The van der Waals surface area contributed by atoms with E-state index in [1.807, 2.05) is 0 Å². The second-order valence-electron chi connectivity index (χ2n) is 2.41. The van der Waals surface area contributed by atoms with Gasteiger partial charge in [-0.1, -0.05) is 0 Å². The van der Waals surface area contributed by atoms with Gasteiger partial charge in [0, 0.05) is 11.6 Å². The molecule has 13 heavy (non-hydrogen) atoms. The van der Waals surface area contributed by atoms with Crippen LogP contribution in [-0.4, -0.2) is 20.0 Å². The minimum Gasteiger partial charge on any atom is -0.497 e. The monoisotopic (exact) mass is 179 g/mol. The number of carbonyl (C=O) groups excluding carboxylic acids is 1. The van der Waals surface area contributed by atoms with Crippen LogP contribution in [0.15, 0.2) is 18.2 Å². The van der Waals surface area contributed by atoms with Gasteiger partial charge in [-0.05, 0) is 19.1 Å². The summed E-state index contributed by atoms with van der Waals surface area (Å²) >= 11 is 0. The standard InChI is InChI=1S/C10H11O3/c1-3-13-10-5-8(7-11)4-9(6-10)12-2/h4-7H,1,3H2,2H3. The van der Waals surface area contributed by atoms with E-state index < -0.39 is 0 Å². The van der Waals surface area contributed by atoms with Crippen molar-refractivity contribution in [2.45, 2.75) is 0 Å². The summed E-state index contributed by atoms with van der Waals surface area (Å²) in [4.78, 5) is 10.5. The van der Waals surface area contributed by atoms with Crippen molar-refractivity contribution in [3.05, 3.63) is 30.7 Å². The Morgan fingerprint density at radius 3 is 2.62 bits per heavy atom. The quantitative estimate of drug-likeness (QED) is 0.660. The molecule has 1 aromatic carbocycles. The Hall–Kier alpha value is -1.51. The fourth-order valence-electron chi connectivity index (χ4n) is 0.981. The van der Waals surface area contributed by atoms with Gasteiger partial charge < -0.3 is 9.47 Å². The average Bonchev–Trinajstić information content (AvgIpc) is 2.17. The molecule has 0 amide bonds. The number of carbonyl (C=O) groups is 1. The molecular formula is C10H11O3. The summed E-state index contributed by atoms with van der Waals surface area (Å²) in [6.07, 6.45) is 0.748. The predicted octanol–water partition coefficient (Wildman–Crippen LogP) is 1.72. The Kier molecular flexibility index (Phi) is 3.31. The van der Waals surface area contributed by atoms with Gasteiger partial charge in [0.15, 0.2) is 0 Å². The number of benzene rings is 1. The van der Waals surface area contributed by atoms with Gasteiger partial charge in [-0.25, -0.2) is 0 Å². The van der Waals surface area contributed by atoms with Gasteiger partial charge >= 0.3 is 0 Å². The van der Waals surface area contributed by atoms with Crippen LogP contribution in [-0.2, 0) is 0 Å². The van der Waals surface area contributed by atoms with Gasteiger partial charge in [-0.2, -0.15) is 0 Å². The number of hydrogen-bond donors (Lipinski definition) is 0. The van der Waals surface area contributed by atoms with E-state index >= 15 is 0 Å². The summed E-state index contributed by atoms with van der Waals surface area (Å²) in [7, 11) is 1.54. The molecule has 3 heteroatoms. The third-order valence-electron chi connectivity index (χ3n) is 1.54. The van der Waals surface area contributed by atoms with Crippen LogP contribution in [0.3, 0.4) is 0 Å². The van der Waals surface area contributed by atoms with E-state index in [1.54, 1.807) is 18.2 Å². The largest absolute Gasteiger partial charge is 0.497 e. The predicted molar refractivity (Wildman–Crippen MR) is 49.2 cm³/mol. The molecular weight excluding hydrogens is 168 g/mol. The highest BCUT2D eigenvalue weighted by atomic mass is 16.5. The summed E-state index contributed by atoms with van der Waals surface area (Å²) in [5.41, 5.74) is 0.530. The number of aldehydes is 1. The van der Waals surface area contributed by atoms with Crippen molar-refractivity contribution < 1.29 is 14.3 Å². The zero-order valence-corrected chi connectivity index (χ0v) is 7.45. The van der Waals surface area contributed by atoms with Crippen LogP contribution in [0, 0.1) is 6.92 Å². The minimum atomic E-state index is 0.325. The topological polar surface area (TPSA) is 35.5 Å². The smallest absolute Gasteiger partial charge is 0.150 e. The summed E-state index contributed by atoms with van der Waals surface area (Å²) in [5, 5.41) is 0. The van der Waals surface area contributed by atoms with Crippen molar-refractivity contribution in [2.75, 3.05) is 13.7 Å². The first kappa shape index (κ1) is 9.58. The van der Waals surface area contributed by atoms with Gasteiger partial charge in [-0.15, -0.1) is 0 Å². The number of rotatable bonds is 4. The molecule has 1 rings (SSSR count). The molecule has 0 atom stereocenters. The third kappa shape index (κ3) is 2.47. The lowest BCUT2D eigenvalue weighted by Gasteiger charge is -2.06. The molecule has 0 heterocycles. The van der Waals surface area contributed by atoms with Crippen molar-refractivity contribution in [3.8, 4) is 11.5 Å². The van der Waals surface area contributed by atoms with Gasteiger partial charge in [0.2, 0.25) is 0 Å². The third-order valence-corrected chi connectivity index (χ3v) is 1.54. The Labute approximate surface area is 77.3 Å². The van der Waals surface area contributed by atoms with Gasteiger partial charge in [-0.3, -0.25) is 4.79 Å². The SMILES string of the molecule is [CH2]COc1cc(C=O)cc(OC)c1. The van der Waals surface area contributed by atoms with Crippen LogP contribution in [0.4, 0.5) is 0 Å². The van der Waals surface area contributed by atoms with Crippen LogP contribution in [0.1, 0.15) is 10.4 Å². The number of hydrogen-bond acceptors (Lipinski definition) is 3. The van der Waals surface area contributed by atoms with Gasteiger partial charge in [0.05, 0.1) is 13.7 Å². The molecule has 0 saturated heterocycles. The van der Waals surface area contributed by atoms with E-state index in [9.17, 15) is 4.79 Å². The second kappa shape index (κ2) is 4.50. The van der Waals surface area contributed by atoms with E-state index in [-0.39, 0.29) is 0 Å². The normalized spacial score (nSPS) is 9.38. The molecule has 1 radical (unpaired) electrons. The molecule has 0 spiro atoms. The number of ether oxygens (including phenoxy) is 2. The second-order valence-corrected chi connectivity index (χ2v) is 2.41. The van der Waals surface area contributed by atoms with Crippen LogP contribution < -0.4 is 9.47 Å². The Balaban J connectivity index is 2.99. The fraction of sp³-hybridized carbons (Fsp3) is 0.200. The first-order valence-electron chi connectivity index (χ1n) is 3.86. The highest BCUT2D eigenvalue weighted by Crippen LogP contribution is 2.21. The van der Waals surface area contributed by atoms with E-state index in [0.717, 1.165) is 6.29 Å². The lowest BCUT2D eigenvalue weighted by molar-refractivity contribution is 0.112. The minimum absolute atomic E-state index is 0.325. The first-order valence-corrected chi connectivity index (χ1v) is 3.86. The summed E-state index contributed by atoms with van der Waals surface area (Å²) < 4.78 is 10.1. The lowest BCUT2D eigenvalue weighted by atomic mass is 10.2. The van der Waals surface area contributed by atoms with Crippen LogP contribution >= 0.6 is 0 Å². The van der Waals surface area contributed by atoms with E-state index in [0.29, 0.717) is 23.7 Å². The van der Waals surface area contributed by atoms with Crippen LogP contribution in [0.5, 0.6) is 11.5 Å². The Morgan fingerprint density at radius 1 is 1.38 bits per heavy atom. The highest BCUT2D eigenvalue weighted by Gasteiger charge is 2.00. The molecule has 0 N–H and O–H groups in total. The highest BCUT2D eigenvalue weighted by molar-refractivity contribution is 5.76. The van der Waals surface area contributed by atoms with Gasteiger partial charge in [0.25, 0.3) is 0 Å². The first-order chi connectivity index (χ1) is 6.30. The van der Waals surface area contributed by atoms with Crippen molar-refractivity contribution >= 4 is 6.29 Å².